The number of nitrogens with zero attached hydrogens (tertiary/aromatic N) is 2. The molecule has 1 aromatic heterocycles. The van der Waals surface area contributed by atoms with Crippen molar-refractivity contribution in [2.24, 2.45) is 0 Å². The minimum Gasteiger partial charge on any atom is -0.368 e. The molecule has 0 saturated carbocycles. The predicted octanol–water partition coefficient (Wildman–Crippen LogP) is 6.91. The highest BCUT2D eigenvalue weighted by atomic mass is 15.0. The largest absolute Gasteiger partial charge is 0.368 e. The first-order valence-corrected chi connectivity index (χ1v) is 11.1. The fourth-order valence-electron chi connectivity index (χ4n) is 4.94. The van der Waals surface area contributed by atoms with Gasteiger partial charge in [-0.2, -0.15) is 0 Å². The second kappa shape index (κ2) is 7.61. The maximum atomic E-state index is 6.26. The first kappa shape index (κ1) is 18.8. The van der Waals surface area contributed by atoms with Crippen molar-refractivity contribution >= 4 is 39.1 Å². The smallest absolute Gasteiger partial charge is 0.221 e. The molecule has 0 bridgehead atoms. The monoisotopic (exact) mass is 413 g/mol. The number of nitrogens with two attached hydrogens (primary N) is 1. The van der Waals surface area contributed by atoms with Crippen LogP contribution in [0.25, 0.3) is 44.5 Å². The minimum atomic E-state index is 0.331. The number of benzene rings is 4. The molecule has 0 radical (unpaired) electrons. The minimum absolute atomic E-state index is 0.331. The Balaban J connectivity index is 1.57. The summed E-state index contributed by atoms with van der Waals surface area (Å²) >= 11 is 0. The molecule has 3 heteroatoms. The van der Waals surface area contributed by atoms with Crippen LogP contribution in [0.3, 0.4) is 0 Å². The van der Waals surface area contributed by atoms with Crippen molar-refractivity contribution in [3.63, 3.8) is 0 Å². The van der Waals surface area contributed by atoms with Gasteiger partial charge in [0.25, 0.3) is 0 Å². The Morgan fingerprint density at radius 2 is 1.31 bits per heavy atom. The molecule has 154 valence electrons. The van der Waals surface area contributed by atoms with Crippen LogP contribution in [0.4, 0.5) is 5.95 Å². The molecule has 0 saturated heterocycles. The van der Waals surface area contributed by atoms with Gasteiger partial charge in [0.05, 0.1) is 11.4 Å². The zero-order valence-corrected chi connectivity index (χ0v) is 17.8. The molecule has 1 heterocycles. The third-order valence-corrected chi connectivity index (χ3v) is 6.40. The Bertz CT molecular complexity index is 1500. The molecule has 0 unspecified atom stereocenters. The first-order chi connectivity index (χ1) is 15.8. The molecule has 32 heavy (non-hydrogen) atoms. The number of aromatic nitrogens is 2. The summed E-state index contributed by atoms with van der Waals surface area (Å²) < 4.78 is 0. The van der Waals surface area contributed by atoms with Gasteiger partial charge in [-0.15, -0.1) is 0 Å². The second-order valence-corrected chi connectivity index (χ2v) is 8.38. The summed E-state index contributed by atoms with van der Waals surface area (Å²) in [6, 6.07) is 29.8. The van der Waals surface area contributed by atoms with Gasteiger partial charge in [0.2, 0.25) is 5.95 Å². The van der Waals surface area contributed by atoms with Gasteiger partial charge in [0.15, 0.2) is 0 Å². The van der Waals surface area contributed by atoms with Crippen LogP contribution in [-0.4, -0.2) is 9.97 Å². The summed E-state index contributed by atoms with van der Waals surface area (Å²) in [5.74, 6) is 0.331. The van der Waals surface area contributed by atoms with E-state index in [9.17, 15) is 0 Å². The number of anilines is 1. The van der Waals surface area contributed by atoms with Crippen LogP contribution in [0.2, 0.25) is 0 Å². The van der Waals surface area contributed by atoms with Gasteiger partial charge < -0.3 is 5.73 Å². The van der Waals surface area contributed by atoms with E-state index < -0.39 is 0 Å². The normalized spacial score (nSPS) is 14.7. The lowest BCUT2D eigenvalue weighted by Gasteiger charge is -2.22. The third-order valence-electron chi connectivity index (χ3n) is 6.40. The van der Waals surface area contributed by atoms with Crippen LogP contribution in [0.1, 0.15) is 29.7 Å². The van der Waals surface area contributed by atoms with Crippen molar-refractivity contribution < 1.29 is 0 Å². The van der Waals surface area contributed by atoms with Crippen LogP contribution in [-0.2, 0) is 6.42 Å². The van der Waals surface area contributed by atoms with Crippen molar-refractivity contribution in [3.05, 3.63) is 102 Å². The van der Waals surface area contributed by atoms with E-state index in [1.807, 2.05) is 0 Å². The average molecular weight is 414 g/mol. The molecule has 2 N–H and O–H groups in total. The molecule has 5 aromatic rings. The molecule has 1 aliphatic carbocycles. The molecular weight excluding hydrogens is 390 g/mol. The highest BCUT2D eigenvalue weighted by Gasteiger charge is 2.23. The zero-order chi connectivity index (χ0) is 21.5. The number of rotatable bonds is 2. The van der Waals surface area contributed by atoms with Gasteiger partial charge in [0.1, 0.15) is 0 Å². The first-order valence-electron chi connectivity index (χ1n) is 11.1. The fraction of sp³-hybridized carbons (Fsp3) is 0.103. The molecule has 0 aliphatic heterocycles. The van der Waals surface area contributed by atoms with Gasteiger partial charge in [-0.05, 0) is 58.0 Å². The van der Waals surface area contributed by atoms with E-state index in [4.69, 9.17) is 15.7 Å². The maximum absolute atomic E-state index is 6.26. The summed E-state index contributed by atoms with van der Waals surface area (Å²) in [5.41, 5.74) is 13.0. The molecule has 4 aromatic carbocycles. The SMILES string of the molecule is Nc1nc2c(c(-c3cccc4ccccc34)n1)CCC/C2=C\c1cccc2ccccc12. The van der Waals surface area contributed by atoms with Crippen LogP contribution in [0.15, 0.2) is 84.9 Å². The van der Waals surface area contributed by atoms with Crippen molar-refractivity contribution in [2.45, 2.75) is 19.3 Å². The highest BCUT2D eigenvalue weighted by Crippen LogP contribution is 2.39. The van der Waals surface area contributed by atoms with E-state index in [-0.39, 0.29) is 0 Å². The van der Waals surface area contributed by atoms with Gasteiger partial charge in [-0.25, -0.2) is 9.97 Å². The Morgan fingerprint density at radius 1 is 0.656 bits per heavy atom. The van der Waals surface area contributed by atoms with E-state index in [0.29, 0.717) is 5.95 Å². The van der Waals surface area contributed by atoms with E-state index >= 15 is 0 Å². The Labute approximate surface area is 187 Å². The van der Waals surface area contributed by atoms with Crippen LogP contribution >= 0.6 is 0 Å². The number of hydrogen-bond donors (Lipinski definition) is 1. The lowest BCUT2D eigenvalue weighted by molar-refractivity contribution is 0.806. The molecule has 0 fully saturated rings. The third kappa shape index (κ3) is 3.14. The number of fused-ring (bicyclic) bond motifs is 3. The van der Waals surface area contributed by atoms with E-state index in [0.717, 1.165) is 36.2 Å². The Kier molecular flexibility index (Phi) is 4.46. The van der Waals surface area contributed by atoms with Crippen molar-refractivity contribution in [3.8, 4) is 11.3 Å². The van der Waals surface area contributed by atoms with Crippen LogP contribution in [0, 0.1) is 0 Å². The lowest BCUT2D eigenvalue weighted by atomic mass is 9.86. The molecule has 6 rings (SSSR count). The van der Waals surface area contributed by atoms with E-state index in [1.54, 1.807) is 0 Å². The summed E-state index contributed by atoms with van der Waals surface area (Å²) in [5, 5.41) is 4.90. The summed E-state index contributed by atoms with van der Waals surface area (Å²) in [4.78, 5) is 9.47. The van der Waals surface area contributed by atoms with Gasteiger partial charge >= 0.3 is 0 Å². The van der Waals surface area contributed by atoms with E-state index in [1.165, 1.54) is 38.2 Å². The van der Waals surface area contributed by atoms with E-state index in [2.05, 4.69) is 91.0 Å². The average Bonchev–Trinajstić information content (AvgIpc) is 2.84. The Hall–Kier alpha value is -3.98. The zero-order valence-electron chi connectivity index (χ0n) is 17.8. The maximum Gasteiger partial charge on any atom is 0.221 e. The number of hydrogen-bond acceptors (Lipinski definition) is 3. The van der Waals surface area contributed by atoms with Gasteiger partial charge in [-0.3, -0.25) is 0 Å². The van der Waals surface area contributed by atoms with Crippen LogP contribution < -0.4 is 5.73 Å². The summed E-state index contributed by atoms with van der Waals surface area (Å²) in [6.45, 7) is 0. The molecule has 3 nitrogen and oxygen atoms in total. The van der Waals surface area contributed by atoms with Crippen molar-refractivity contribution in [2.75, 3.05) is 5.73 Å². The number of allylic oxidation sites excluding steroid dienone is 1. The van der Waals surface area contributed by atoms with Gasteiger partial charge in [0, 0.05) is 11.1 Å². The van der Waals surface area contributed by atoms with Gasteiger partial charge in [-0.1, -0.05) is 84.9 Å². The number of nitrogen functional groups attached to an aromatic ring is 1. The second-order valence-electron chi connectivity index (χ2n) is 8.38. The molecular formula is C29H23N3. The quantitative estimate of drug-likeness (QED) is 0.342. The Morgan fingerprint density at radius 3 is 2.16 bits per heavy atom. The predicted molar refractivity (Wildman–Crippen MR) is 134 cm³/mol. The molecule has 0 amide bonds. The van der Waals surface area contributed by atoms with Crippen LogP contribution in [0.5, 0.6) is 0 Å². The highest BCUT2D eigenvalue weighted by molar-refractivity contribution is 5.99. The standard InChI is InChI=1S/C29H23N3/c30-29-31-27-22(18-21-12-5-10-19-8-1-3-14-23(19)21)13-7-17-26(27)28(32-29)25-16-6-11-20-9-2-4-15-24(20)25/h1-6,8-12,14-16,18H,7,13,17H2,(H2,30,31,32)/b22-18+. The lowest BCUT2D eigenvalue weighted by Crippen LogP contribution is -2.11. The topological polar surface area (TPSA) is 51.8 Å². The molecule has 1 aliphatic rings. The van der Waals surface area contributed by atoms with Crippen molar-refractivity contribution in [1.29, 1.82) is 0 Å². The summed E-state index contributed by atoms with van der Waals surface area (Å²) in [6.07, 6.45) is 5.32. The summed E-state index contributed by atoms with van der Waals surface area (Å²) in [7, 11) is 0. The molecule has 0 spiro atoms. The fourth-order valence-corrected chi connectivity index (χ4v) is 4.94. The molecule has 0 atom stereocenters. The van der Waals surface area contributed by atoms with Crippen molar-refractivity contribution in [1.82, 2.24) is 9.97 Å².